The molecule has 0 aliphatic carbocycles. The van der Waals surface area contributed by atoms with Crippen LogP contribution in [0.3, 0.4) is 0 Å². The summed E-state index contributed by atoms with van der Waals surface area (Å²) in [6.07, 6.45) is 71.8. The second-order valence-corrected chi connectivity index (χ2v) is 20.7. The minimum atomic E-state index is -0.847. The lowest BCUT2D eigenvalue weighted by molar-refractivity contribution is -0.143. The number of rotatable bonds is 56. The fraction of sp³-hybridized carbons (Fsp3) is 0.871. The average Bonchev–Trinajstić information content (AvgIpc) is 3.34. The molecule has 0 radical (unpaired) electrons. The van der Waals surface area contributed by atoms with Gasteiger partial charge >= 0.3 is 5.97 Å². The number of carbonyl (C=O) groups is 2. The molecule has 0 spiro atoms. The van der Waals surface area contributed by atoms with Crippen LogP contribution in [0.5, 0.6) is 0 Å². The van der Waals surface area contributed by atoms with Crippen molar-refractivity contribution in [2.24, 2.45) is 0 Å². The molecular formula is C62H117NO5. The largest absolute Gasteiger partial charge is 0.466 e. The van der Waals surface area contributed by atoms with Gasteiger partial charge in [-0.15, -0.1) is 0 Å². The van der Waals surface area contributed by atoms with Crippen LogP contribution in [-0.2, 0) is 14.3 Å². The Labute approximate surface area is 424 Å². The van der Waals surface area contributed by atoms with E-state index in [2.05, 4.69) is 43.5 Å². The molecule has 3 N–H and O–H groups in total. The van der Waals surface area contributed by atoms with Crippen molar-refractivity contribution < 1.29 is 24.5 Å². The van der Waals surface area contributed by atoms with Crippen LogP contribution < -0.4 is 5.32 Å². The number of esters is 1. The first kappa shape index (κ1) is 66.1. The number of hydrogen-bond acceptors (Lipinski definition) is 5. The fourth-order valence-electron chi connectivity index (χ4n) is 9.21. The van der Waals surface area contributed by atoms with Crippen molar-refractivity contribution in [2.75, 3.05) is 13.2 Å². The SMILES string of the molecule is CCCCC/C=C\CCCCCCCC(=O)OCCCCCCCCCCCCCC/C=C\CCCCCCCCCCC(=O)NC(CO)C(O)/C=C/CCCCCCCCCCCCCCC. The van der Waals surface area contributed by atoms with Gasteiger partial charge in [-0.25, -0.2) is 0 Å². The van der Waals surface area contributed by atoms with Crippen molar-refractivity contribution >= 4 is 11.9 Å². The second-order valence-electron chi connectivity index (χ2n) is 20.7. The van der Waals surface area contributed by atoms with Crippen LogP contribution >= 0.6 is 0 Å². The van der Waals surface area contributed by atoms with Crippen LogP contribution in [0, 0.1) is 0 Å². The van der Waals surface area contributed by atoms with E-state index in [1.165, 1.54) is 250 Å². The van der Waals surface area contributed by atoms with Crippen molar-refractivity contribution in [3.63, 3.8) is 0 Å². The molecule has 6 heteroatoms. The molecule has 0 saturated carbocycles. The van der Waals surface area contributed by atoms with Crippen LogP contribution in [0.1, 0.15) is 322 Å². The number of aliphatic hydroxyl groups excluding tert-OH is 2. The third-order valence-electron chi connectivity index (χ3n) is 13.9. The molecule has 0 aliphatic heterocycles. The topological polar surface area (TPSA) is 95.9 Å². The van der Waals surface area contributed by atoms with Crippen LogP contribution in [0.15, 0.2) is 36.5 Å². The highest BCUT2D eigenvalue weighted by Gasteiger charge is 2.18. The van der Waals surface area contributed by atoms with Gasteiger partial charge in [0.1, 0.15) is 0 Å². The zero-order valence-corrected chi connectivity index (χ0v) is 45.6. The van der Waals surface area contributed by atoms with Gasteiger partial charge in [0.15, 0.2) is 0 Å². The summed E-state index contributed by atoms with van der Waals surface area (Å²) in [7, 11) is 0. The van der Waals surface area contributed by atoms with Crippen molar-refractivity contribution in [1.29, 1.82) is 0 Å². The Morgan fingerprint density at radius 3 is 1.07 bits per heavy atom. The van der Waals surface area contributed by atoms with Crippen molar-refractivity contribution in [3.8, 4) is 0 Å². The summed E-state index contributed by atoms with van der Waals surface area (Å²) in [5, 5.41) is 23.1. The molecular weight excluding hydrogens is 839 g/mol. The standard InChI is InChI=1S/C62H117NO5/c1-3-5-7-9-11-13-15-17-28-31-34-38-42-46-50-54-60(65)59(58-64)63-61(66)55-51-47-43-39-35-32-29-26-24-22-20-18-19-21-23-25-27-30-33-37-41-45-49-53-57-68-62(67)56-52-48-44-40-36-16-14-12-10-8-6-4-2/h12,14,20,22,50,54,59-60,64-65H,3-11,13,15-19,21,23-49,51-53,55-58H2,1-2H3,(H,63,66)/b14-12-,22-20-,54-50+. The van der Waals surface area contributed by atoms with Crippen molar-refractivity contribution in [1.82, 2.24) is 5.32 Å². The van der Waals surface area contributed by atoms with Gasteiger partial charge in [-0.1, -0.05) is 262 Å². The molecule has 0 saturated heterocycles. The number of unbranched alkanes of at least 4 members (excludes halogenated alkanes) is 41. The second kappa shape index (κ2) is 57.7. The Kier molecular flexibility index (Phi) is 56.0. The van der Waals surface area contributed by atoms with E-state index >= 15 is 0 Å². The fourth-order valence-corrected chi connectivity index (χ4v) is 9.21. The Balaban J connectivity index is 3.43. The molecule has 2 unspecified atom stereocenters. The number of ether oxygens (including phenoxy) is 1. The lowest BCUT2D eigenvalue weighted by Crippen LogP contribution is -2.45. The molecule has 0 rings (SSSR count). The van der Waals surface area contributed by atoms with Gasteiger partial charge < -0.3 is 20.3 Å². The molecule has 0 aromatic heterocycles. The molecule has 0 bridgehead atoms. The van der Waals surface area contributed by atoms with Gasteiger partial charge in [0, 0.05) is 12.8 Å². The van der Waals surface area contributed by atoms with E-state index in [1.807, 2.05) is 6.08 Å². The summed E-state index contributed by atoms with van der Waals surface area (Å²) >= 11 is 0. The van der Waals surface area contributed by atoms with E-state index in [-0.39, 0.29) is 18.5 Å². The normalized spacial score (nSPS) is 12.8. The lowest BCUT2D eigenvalue weighted by atomic mass is 10.0. The van der Waals surface area contributed by atoms with Gasteiger partial charge in [0.2, 0.25) is 5.91 Å². The molecule has 0 fully saturated rings. The molecule has 400 valence electrons. The minimum Gasteiger partial charge on any atom is -0.466 e. The number of amides is 1. The lowest BCUT2D eigenvalue weighted by Gasteiger charge is -2.20. The Morgan fingerprint density at radius 1 is 0.397 bits per heavy atom. The Bertz CT molecular complexity index is 1100. The quantitative estimate of drug-likeness (QED) is 0.0321. The first-order valence-corrected chi connectivity index (χ1v) is 30.3. The maximum atomic E-state index is 12.5. The number of hydrogen-bond donors (Lipinski definition) is 3. The molecule has 0 aromatic carbocycles. The molecule has 0 aliphatic rings. The summed E-state index contributed by atoms with van der Waals surface area (Å²) < 4.78 is 5.46. The summed E-state index contributed by atoms with van der Waals surface area (Å²) in [6, 6.07) is -0.631. The highest BCUT2D eigenvalue weighted by molar-refractivity contribution is 5.76. The van der Waals surface area contributed by atoms with E-state index in [0.717, 1.165) is 44.9 Å². The van der Waals surface area contributed by atoms with Crippen molar-refractivity contribution in [3.05, 3.63) is 36.5 Å². The zero-order chi connectivity index (χ0) is 49.3. The molecule has 0 aromatic rings. The van der Waals surface area contributed by atoms with Crippen LogP contribution in [0.4, 0.5) is 0 Å². The molecule has 6 nitrogen and oxygen atoms in total. The Hall–Kier alpha value is -1.92. The van der Waals surface area contributed by atoms with Gasteiger partial charge in [0.05, 0.1) is 25.4 Å². The molecule has 2 atom stereocenters. The van der Waals surface area contributed by atoms with Gasteiger partial charge in [-0.05, 0) is 83.5 Å². The molecule has 0 heterocycles. The summed E-state index contributed by atoms with van der Waals surface area (Å²) in [5.41, 5.74) is 0. The van der Waals surface area contributed by atoms with Gasteiger partial charge in [-0.2, -0.15) is 0 Å². The number of allylic oxidation sites excluding steroid dienone is 5. The highest BCUT2D eigenvalue weighted by atomic mass is 16.5. The van der Waals surface area contributed by atoms with E-state index < -0.39 is 12.1 Å². The zero-order valence-electron chi connectivity index (χ0n) is 45.6. The Morgan fingerprint density at radius 2 is 0.691 bits per heavy atom. The minimum absolute atomic E-state index is 0.00173. The third kappa shape index (κ3) is 53.4. The monoisotopic (exact) mass is 956 g/mol. The van der Waals surface area contributed by atoms with Gasteiger partial charge in [-0.3, -0.25) is 9.59 Å². The van der Waals surface area contributed by atoms with Gasteiger partial charge in [0.25, 0.3) is 0 Å². The summed E-state index contributed by atoms with van der Waals surface area (Å²) in [5.74, 6) is -0.0700. The van der Waals surface area contributed by atoms with Crippen LogP contribution in [0.25, 0.3) is 0 Å². The highest BCUT2D eigenvalue weighted by Crippen LogP contribution is 2.17. The predicted molar refractivity (Wildman–Crippen MR) is 296 cm³/mol. The maximum absolute atomic E-state index is 12.5. The smallest absolute Gasteiger partial charge is 0.305 e. The van der Waals surface area contributed by atoms with E-state index in [0.29, 0.717) is 19.4 Å². The first-order valence-electron chi connectivity index (χ1n) is 30.3. The first-order chi connectivity index (χ1) is 33.5. The summed E-state index contributed by atoms with van der Waals surface area (Å²) in [6.45, 7) is 4.88. The predicted octanol–water partition coefficient (Wildman–Crippen LogP) is 18.8. The van der Waals surface area contributed by atoms with Crippen LogP contribution in [0.2, 0.25) is 0 Å². The van der Waals surface area contributed by atoms with E-state index in [1.54, 1.807) is 6.08 Å². The number of aliphatic hydroxyl groups is 2. The van der Waals surface area contributed by atoms with Crippen LogP contribution in [-0.4, -0.2) is 47.4 Å². The third-order valence-corrected chi connectivity index (χ3v) is 13.9. The van der Waals surface area contributed by atoms with E-state index in [9.17, 15) is 19.8 Å². The maximum Gasteiger partial charge on any atom is 0.305 e. The number of nitrogens with one attached hydrogen (secondary N) is 1. The van der Waals surface area contributed by atoms with E-state index in [4.69, 9.17) is 4.74 Å². The summed E-state index contributed by atoms with van der Waals surface area (Å²) in [4.78, 5) is 24.5. The average molecular weight is 957 g/mol. The van der Waals surface area contributed by atoms with Crippen molar-refractivity contribution in [2.45, 2.75) is 334 Å². The molecule has 68 heavy (non-hydrogen) atoms. The number of carbonyl (C=O) groups excluding carboxylic acids is 2. The molecule has 1 amide bonds.